The van der Waals surface area contributed by atoms with Crippen LogP contribution in [0.4, 0.5) is 26.7 Å². The molecule has 2 atom stereocenters. The molecule has 2 heterocycles. The van der Waals surface area contributed by atoms with E-state index in [2.05, 4.69) is 15.4 Å². The fourth-order valence-electron chi connectivity index (χ4n) is 2.89. The maximum Gasteiger partial charge on any atom is 0.416 e. The van der Waals surface area contributed by atoms with Crippen molar-refractivity contribution in [1.82, 2.24) is 25.2 Å². The number of halogens is 5. The first-order valence-electron chi connectivity index (χ1n) is 13.3. The van der Waals surface area contributed by atoms with Crippen LogP contribution < -0.4 is 16.4 Å². The fourth-order valence-corrected chi connectivity index (χ4v) is 2.89. The van der Waals surface area contributed by atoms with E-state index in [-0.39, 0.29) is 23.5 Å². The van der Waals surface area contributed by atoms with Gasteiger partial charge >= 0.3 is 12.3 Å². The topological polar surface area (TPSA) is 125 Å². The Hall–Kier alpha value is -2.62. The molecule has 0 radical (unpaired) electrons. The number of fused-ring (bicyclic) bond motifs is 1. The van der Waals surface area contributed by atoms with E-state index in [1.807, 2.05) is 5.32 Å². The SMILES string of the molecule is [2H]C([2H])(N)C(F)(F)C([2H])([2H])N[C@H](COC)c1cnn2cc([C@H](COC(C)(C)C(F)(F)F)NC(=O)OC(C)(C)C)nc2c1. The van der Waals surface area contributed by atoms with Gasteiger partial charge in [0.05, 0.1) is 56.4 Å². The zero-order valence-electron chi connectivity index (χ0n) is 25.7. The molecule has 0 aromatic carbocycles. The maximum atomic E-state index is 14.5. The van der Waals surface area contributed by atoms with Crippen molar-refractivity contribution in [2.75, 3.05) is 33.3 Å². The number of hydrogen-bond donors (Lipinski definition) is 3. The molecular weight excluding hydrogens is 519 g/mol. The lowest BCUT2D eigenvalue weighted by molar-refractivity contribution is -0.265. The van der Waals surface area contributed by atoms with Crippen molar-refractivity contribution in [2.45, 2.75) is 70.0 Å². The van der Waals surface area contributed by atoms with Crippen LogP contribution in [0.1, 0.15) is 63.4 Å². The fraction of sp³-hybridized carbons (Fsp3) is 0.696. The number of amides is 1. The van der Waals surface area contributed by atoms with Crippen LogP contribution in [0.25, 0.3) is 5.65 Å². The Bertz CT molecular complexity index is 1230. The summed E-state index contributed by atoms with van der Waals surface area (Å²) >= 11 is 0. The second-order valence-electron chi connectivity index (χ2n) is 9.77. The molecule has 0 aliphatic heterocycles. The van der Waals surface area contributed by atoms with Crippen LogP contribution in [0.15, 0.2) is 18.5 Å². The van der Waals surface area contributed by atoms with E-state index >= 15 is 0 Å². The van der Waals surface area contributed by atoms with Crippen molar-refractivity contribution in [3.05, 3.63) is 29.7 Å². The van der Waals surface area contributed by atoms with Crippen LogP contribution in [0, 0.1) is 0 Å². The van der Waals surface area contributed by atoms with E-state index in [1.54, 1.807) is 20.8 Å². The zero-order valence-corrected chi connectivity index (χ0v) is 21.7. The Balaban J connectivity index is 2.46. The Morgan fingerprint density at radius 1 is 1.16 bits per heavy atom. The van der Waals surface area contributed by atoms with Crippen molar-refractivity contribution in [3.8, 4) is 0 Å². The van der Waals surface area contributed by atoms with Crippen LogP contribution in [0.2, 0.25) is 0 Å². The van der Waals surface area contributed by atoms with E-state index in [1.165, 1.54) is 30.1 Å². The number of carbonyl (C=O) groups excluding carboxylic acids is 1. The Kier molecular flexibility index (Phi) is 8.13. The number of alkyl halides is 5. The molecule has 0 aliphatic rings. The summed E-state index contributed by atoms with van der Waals surface area (Å²) in [5.74, 6) is -4.67. The molecule has 2 aromatic heterocycles. The van der Waals surface area contributed by atoms with Crippen LogP contribution in [-0.4, -0.2) is 77.3 Å². The van der Waals surface area contributed by atoms with Gasteiger partial charge in [0.15, 0.2) is 11.2 Å². The molecule has 1 amide bonds. The molecule has 0 fully saturated rings. The van der Waals surface area contributed by atoms with Gasteiger partial charge in [-0.3, -0.25) is 0 Å². The molecule has 0 bridgehead atoms. The lowest BCUT2D eigenvalue weighted by atomic mass is 10.1. The van der Waals surface area contributed by atoms with Gasteiger partial charge in [0.25, 0.3) is 5.92 Å². The van der Waals surface area contributed by atoms with Gasteiger partial charge in [0.1, 0.15) is 5.60 Å². The standard InChI is InChI=1S/C23H35F5N6O4/c1-20(2,3)38-19(35)33-17(11-37-21(4,5)23(26,27)28)15-9-34-18(32-15)7-14(8-31-34)16(10-36-6)30-13-22(24,25)12-29/h7-9,16-17,30H,10-13,29H2,1-6H3,(H,33,35)/t16-,17+/m1/s1/i12D2,13D2. The van der Waals surface area contributed by atoms with Gasteiger partial charge in [-0.05, 0) is 46.2 Å². The first-order valence-corrected chi connectivity index (χ1v) is 11.3. The normalized spacial score (nSPS) is 17.3. The number of imidazole rings is 1. The van der Waals surface area contributed by atoms with Gasteiger partial charge < -0.3 is 30.6 Å². The summed E-state index contributed by atoms with van der Waals surface area (Å²) in [6.45, 7) is -1.99. The molecule has 4 N–H and O–H groups in total. The third-order valence-corrected chi connectivity index (χ3v) is 5.02. The summed E-state index contributed by atoms with van der Waals surface area (Å²) in [5.41, 5.74) is 1.51. The number of methoxy groups -OCH3 is 1. The average Bonchev–Trinajstić information content (AvgIpc) is 3.22. The number of rotatable bonds is 12. The molecule has 15 heteroatoms. The van der Waals surface area contributed by atoms with E-state index in [0.29, 0.717) is 0 Å². The largest absolute Gasteiger partial charge is 0.444 e. The average molecular weight is 559 g/mol. The summed E-state index contributed by atoms with van der Waals surface area (Å²) in [4.78, 5) is 16.8. The van der Waals surface area contributed by atoms with Gasteiger partial charge in [-0.25, -0.2) is 23.1 Å². The molecule has 2 rings (SSSR count). The van der Waals surface area contributed by atoms with Gasteiger partial charge in [-0.2, -0.15) is 18.3 Å². The van der Waals surface area contributed by atoms with Crippen LogP contribution in [-0.2, 0) is 14.2 Å². The second kappa shape index (κ2) is 12.1. The minimum absolute atomic E-state index is 0.0120. The number of nitrogens with two attached hydrogens (primary N) is 1. The number of aromatic nitrogens is 3. The summed E-state index contributed by atoms with van der Waals surface area (Å²) in [7, 11) is 1.22. The van der Waals surface area contributed by atoms with Crippen molar-refractivity contribution < 1.29 is 46.4 Å². The highest BCUT2D eigenvalue weighted by molar-refractivity contribution is 5.68. The van der Waals surface area contributed by atoms with Crippen molar-refractivity contribution in [2.24, 2.45) is 5.73 Å². The van der Waals surface area contributed by atoms with Crippen molar-refractivity contribution in [3.63, 3.8) is 0 Å². The Morgan fingerprint density at radius 2 is 1.82 bits per heavy atom. The molecule has 2 aromatic rings. The highest BCUT2D eigenvalue weighted by Gasteiger charge is 2.49. The van der Waals surface area contributed by atoms with Crippen molar-refractivity contribution in [1.29, 1.82) is 0 Å². The number of hydrogen-bond acceptors (Lipinski definition) is 8. The Morgan fingerprint density at radius 3 is 2.37 bits per heavy atom. The molecule has 0 saturated heterocycles. The number of nitrogens with zero attached hydrogens (tertiary/aromatic N) is 3. The smallest absolute Gasteiger partial charge is 0.416 e. The summed E-state index contributed by atoms with van der Waals surface area (Å²) < 4.78 is 115. The first kappa shape index (κ1) is 25.6. The van der Waals surface area contributed by atoms with Gasteiger partial charge in [-0.1, -0.05) is 0 Å². The highest BCUT2D eigenvalue weighted by atomic mass is 19.4. The van der Waals surface area contributed by atoms with Crippen LogP contribution in [0.5, 0.6) is 0 Å². The minimum atomic E-state index is -4.73. The molecule has 38 heavy (non-hydrogen) atoms. The predicted molar refractivity (Wildman–Crippen MR) is 128 cm³/mol. The van der Waals surface area contributed by atoms with Crippen molar-refractivity contribution >= 4 is 11.7 Å². The van der Waals surface area contributed by atoms with E-state index in [0.717, 1.165) is 13.8 Å². The second-order valence-corrected chi connectivity index (χ2v) is 9.77. The number of carbonyl (C=O) groups is 1. The summed E-state index contributed by atoms with van der Waals surface area (Å²) in [6.07, 6.45) is -3.23. The van der Waals surface area contributed by atoms with Gasteiger partial charge in [0.2, 0.25) is 0 Å². The zero-order chi connectivity index (χ0) is 32.5. The van der Waals surface area contributed by atoms with Crippen LogP contribution in [0.3, 0.4) is 0 Å². The van der Waals surface area contributed by atoms with Crippen LogP contribution >= 0.6 is 0 Å². The highest BCUT2D eigenvalue weighted by Crippen LogP contribution is 2.33. The first-order chi connectivity index (χ1) is 18.8. The van der Waals surface area contributed by atoms with E-state index < -0.39 is 61.1 Å². The summed E-state index contributed by atoms with van der Waals surface area (Å²) in [6, 6.07) is -1.24. The minimum Gasteiger partial charge on any atom is -0.444 e. The summed E-state index contributed by atoms with van der Waals surface area (Å²) in [5, 5.41) is 8.54. The third-order valence-electron chi connectivity index (χ3n) is 5.02. The molecule has 10 nitrogen and oxygen atoms in total. The molecule has 216 valence electrons. The number of ether oxygens (including phenoxy) is 3. The molecule has 0 aliphatic carbocycles. The van der Waals surface area contributed by atoms with E-state index in [4.69, 9.17) is 25.4 Å². The lowest BCUT2D eigenvalue weighted by Gasteiger charge is -2.30. The lowest BCUT2D eigenvalue weighted by Crippen LogP contribution is -2.44. The quantitative estimate of drug-likeness (QED) is 0.338. The van der Waals surface area contributed by atoms with Gasteiger partial charge in [0, 0.05) is 12.6 Å². The molecular formula is C23H35F5N6O4. The molecule has 0 spiro atoms. The molecule has 0 unspecified atom stereocenters. The predicted octanol–water partition coefficient (Wildman–Crippen LogP) is 3.52. The number of nitrogens with one attached hydrogen (secondary N) is 2. The van der Waals surface area contributed by atoms with E-state index in [9.17, 15) is 26.7 Å². The third kappa shape index (κ3) is 8.99. The maximum absolute atomic E-state index is 14.5. The monoisotopic (exact) mass is 558 g/mol. The van der Waals surface area contributed by atoms with Gasteiger partial charge in [-0.15, -0.1) is 0 Å². The number of alkyl carbamates (subject to hydrolysis) is 1. The Labute approximate surface area is 223 Å². The molecule has 0 saturated carbocycles.